The van der Waals surface area contributed by atoms with Crippen molar-refractivity contribution in [1.29, 1.82) is 0 Å². The summed E-state index contributed by atoms with van der Waals surface area (Å²) in [6.45, 7) is 0. The first-order valence-corrected chi connectivity index (χ1v) is 9.07. The third-order valence-corrected chi connectivity index (χ3v) is 7.16. The fourth-order valence-electron chi connectivity index (χ4n) is 2.88. The van der Waals surface area contributed by atoms with Crippen molar-refractivity contribution >= 4 is 21.2 Å². The highest BCUT2D eigenvalue weighted by molar-refractivity contribution is 7.91. The fraction of sp³-hybridized carbons (Fsp3) is 0.750. The maximum absolute atomic E-state index is 11.8. The van der Waals surface area contributed by atoms with Crippen molar-refractivity contribution in [1.82, 2.24) is 10.3 Å². The van der Waals surface area contributed by atoms with E-state index in [0.29, 0.717) is 6.42 Å². The van der Waals surface area contributed by atoms with Gasteiger partial charge in [-0.25, -0.2) is 13.4 Å². The highest BCUT2D eigenvalue weighted by atomic mass is 32.2. The minimum absolute atomic E-state index is 0.197. The first-order valence-electron chi connectivity index (χ1n) is 6.43. The zero-order valence-electron chi connectivity index (χ0n) is 10.5. The molecular weight excluding hydrogens is 268 g/mol. The van der Waals surface area contributed by atoms with Crippen LogP contribution in [0.3, 0.4) is 0 Å². The lowest BCUT2D eigenvalue weighted by Gasteiger charge is -2.24. The first kappa shape index (κ1) is 12.6. The molecular formula is C12H18N2O2S2. The normalized spacial score (nSPS) is 30.3. The topological polar surface area (TPSA) is 59.1 Å². The number of aryl methyl sites for hydroxylation is 2. The molecule has 1 atom stereocenters. The van der Waals surface area contributed by atoms with Gasteiger partial charge in [-0.15, -0.1) is 11.3 Å². The van der Waals surface area contributed by atoms with Gasteiger partial charge in [0.15, 0.2) is 9.84 Å². The van der Waals surface area contributed by atoms with Gasteiger partial charge in [0.05, 0.1) is 22.7 Å². The van der Waals surface area contributed by atoms with Crippen molar-refractivity contribution < 1.29 is 8.42 Å². The van der Waals surface area contributed by atoms with E-state index < -0.39 is 15.4 Å². The number of hydrogen-bond acceptors (Lipinski definition) is 5. The Kier molecular flexibility index (Phi) is 2.99. The first-order chi connectivity index (χ1) is 8.55. The van der Waals surface area contributed by atoms with Crippen LogP contribution in [-0.4, -0.2) is 32.0 Å². The number of nitrogens with zero attached hydrogens (tertiary/aromatic N) is 1. The van der Waals surface area contributed by atoms with Crippen molar-refractivity contribution in [2.75, 3.05) is 18.6 Å². The molecule has 100 valence electrons. The van der Waals surface area contributed by atoms with E-state index in [0.717, 1.165) is 17.8 Å². The second-order valence-electron chi connectivity index (χ2n) is 5.27. The molecule has 0 amide bonds. The van der Waals surface area contributed by atoms with Gasteiger partial charge in [-0.1, -0.05) is 0 Å². The third kappa shape index (κ3) is 2.00. The molecule has 1 aliphatic carbocycles. The molecule has 1 unspecified atom stereocenters. The SMILES string of the molecule is CNC1(c2nc3c(s2)CCCC3)CCS(=O)(=O)C1. The largest absolute Gasteiger partial charge is 0.308 e. The van der Waals surface area contributed by atoms with Gasteiger partial charge >= 0.3 is 0 Å². The maximum atomic E-state index is 11.8. The molecule has 0 spiro atoms. The summed E-state index contributed by atoms with van der Waals surface area (Å²) in [4.78, 5) is 6.10. The fourth-order valence-corrected chi connectivity index (χ4v) is 6.32. The van der Waals surface area contributed by atoms with Gasteiger partial charge in [-0.3, -0.25) is 0 Å². The molecule has 4 nitrogen and oxygen atoms in total. The van der Waals surface area contributed by atoms with Gasteiger partial charge < -0.3 is 5.32 Å². The highest BCUT2D eigenvalue weighted by Crippen LogP contribution is 2.38. The second-order valence-corrected chi connectivity index (χ2v) is 8.54. The van der Waals surface area contributed by atoms with Gasteiger partial charge in [0.25, 0.3) is 0 Å². The van der Waals surface area contributed by atoms with Crippen LogP contribution in [0.15, 0.2) is 0 Å². The molecule has 1 aliphatic heterocycles. The lowest BCUT2D eigenvalue weighted by atomic mass is 10.00. The van der Waals surface area contributed by atoms with Gasteiger partial charge in [-0.05, 0) is 39.2 Å². The van der Waals surface area contributed by atoms with E-state index in [1.807, 2.05) is 7.05 Å². The Hall–Kier alpha value is -0.460. The van der Waals surface area contributed by atoms with Crippen molar-refractivity contribution in [3.63, 3.8) is 0 Å². The number of hydrogen-bond donors (Lipinski definition) is 1. The monoisotopic (exact) mass is 286 g/mol. The Morgan fingerprint density at radius 1 is 1.33 bits per heavy atom. The number of fused-ring (bicyclic) bond motifs is 1. The van der Waals surface area contributed by atoms with Crippen LogP contribution in [0.4, 0.5) is 0 Å². The van der Waals surface area contributed by atoms with E-state index in [4.69, 9.17) is 4.98 Å². The van der Waals surface area contributed by atoms with Crippen LogP contribution < -0.4 is 5.32 Å². The maximum Gasteiger partial charge on any atom is 0.152 e. The van der Waals surface area contributed by atoms with Crippen LogP contribution in [-0.2, 0) is 28.2 Å². The Morgan fingerprint density at radius 2 is 2.11 bits per heavy atom. The number of aromatic nitrogens is 1. The number of nitrogens with one attached hydrogen (secondary N) is 1. The molecule has 3 rings (SSSR count). The zero-order chi connectivity index (χ0) is 12.8. The number of sulfone groups is 1. The lowest BCUT2D eigenvalue weighted by molar-refractivity contribution is 0.407. The van der Waals surface area contributed by atoms with Crippen LogP contribution in [0.1, 0.15) is 34.8 Å². The summed E-state index contributed by atoms with van der Waals surface area (Å²) in [7, 11) is -1.06. The Bertz CT molecular complexity index is 541. The molecule has 1 N–H and O–H groups in total. The lowest BCUT2D eigenvalue weighted by Crippen LogP contribution is -2.41. The Morgan fingerprint density at radius 3 is 2.72 bits per heavy atom. The van der Waals surface area contributed by atoms with Crippen LogP contribution in [0.2, 0.25) is 0 Å². The van der Waals surface area contributed by atoms with Crippen molar-refractivity contribution in [3.05, 3.63) is 15.6 Å². The minimum atomic E-state index is -2.91. The van der Waals surface area contributed by atoms with Gasteiger partial charge in [0, 0.05) is 4.88 Å². The van der Waals surface area contributed by atoms with Crippen molar-refractivity contribution in [2.24, 2.45) is 0 Å². The van der Waals surface area contributed by atoms with E-state index in [2.05, 4.69) is 5.32 Å². The van der Waals surface area contributed by atoms with Gasteiger partial charge in [-0.2, -0.15) is 0 Å². The molecule has 0 saturated carbocycles. The number of rotatable bonds is 2. The summed E-state index contributed by atoms with van der Waals surface area (Å²) in [6.07, 6.45) is 5.26. The zero-order valence-corrected chi connectivity index (χ0v) is 12.2. The van der Waals surface area contributed by atoms with Crippen LogP contribution >= 0.6 is 11.3 Å². The second kappa shape index (κ2) is 4.28. The molecule has 1 fully saturated rings. The Balaban J connectivity index is 2.00. The Labute approximate surface area is 112 Å². The molecule has 1 saturated heterocycles. The molecule has 2 heterocycles. The molecule has 2 aliphatic rings. The summed E-state index contributed by atoms with van der Waals surface area (Å²) in [5.74, 6) is 0.473. The molecule has 0 aromatic carbocycles. The van der Waals surface area contributed by atoms with Crippen LogP contribution in [0.25, 0.3) is 0 Å². The summed E-state index contributed by atoms with van der Waals surface area (Å²) >= 11 is 1.72. The molecule has 0 radical (unpaired) electrons. The van der Waals surface area contributed by atoms with Crippen molar-refractivity contribution in [2.45, 2.75) is 37.6 Å². The van der Waals surface area contributed by atoms with Gasteiger partial charge in [0.1, 0.15) is 5.01 Å². The van der Waals surface area contributed by atoms with Crippen LogP contribution in [0, 0.1) is 0 Å². The predicted molar refractivity (Wildman–Crippen MR) is 72.8 cm³/mol. The van der Waals surface area contributed by atoms with E-state index in [1.165, 1.54) is 23.4 Å². The number of thiazole rings is 1. The molecule has 1 aromatic heterocycles. The van der Waals surface area contributed by atoms with E-state index in [9.17, 15) is 8.42 Å². The summed E-state index contributed by atoms with van der Waals surface area (Å²) in [5.41, 5.74) is 0.779. The average molecular weight is 286 g/mol. The van der Waals surface area contributed by atoms with Crippen molar-refractivity contribution in [3.8, 4) is 0 Å². The summed E-state index contributed by atoms with van der Waals surface area (Å²) in [6, 6.07) is 0. The van der Waals surface area contributed by atoms with E-state index in [1.54, 1.807) is 11.3 Å². The quantitative estimate of drug-likeness (QED) is 0.889. The predicted octanol–water partition coefficient (Wildman–Crippen LogP) is 1.26. The van der Waals surface area contributed by atoms with Crippen LogP contribution in [0.5, 0.6) is 0 Å². The average Bonchev–Trinajstić information content (AvgIpc) is 2.90. The molecule has 1 aromatic rings. The smallest absolute Gasteiger partial charge is 0.152 e. The molecule has 6 heteroatoms. The van der Waals surface area contributed by atoms with Gasteiger partial charge in [0.2, 0.25) is 0 Å². The molecule has 0 bridgehead atoms. The standard InChI is InChI=1S/C12H18N2O2S2/c1-13-12(6-7-18(15,16)8-12)11-14-9-4-2-3-5-10(9)17-11/h13H,2-8H2,1H3. The third-order valence-electron chi connectivity index (χ3n) is 4.04. The van der Waals surface area contributed by atoms with E-state index in [-0.39, 0.29) is 11.5 Å². The van der Waals surface area contributed by atoms with E-state index >= 15 is 0 Å². The molecule has 18 heavy (non-hydrogen) atoms. The minimum Gasteiger partial charge on any atom is -0.308 e. The summed E-state index contributed by atoms with van der Waals surface area (Å²) in [5, 5.41) is 4.21. The highest BCUT2D eigenvalue weighted by Gasteiger charge is 2.45. The summed E-state index contributed by atoms with van der Waals surface area (Å²) < 4.78 is 23.5.